The molecule has 27 heavy (non-hydrogen) atoms. The van der Waals surface area contributed by atoms with Gasteiger partial charge in [0.2, 0.25) is 15.9 Å². The molecule has 2 rings (SSSR count). The van der Waals surface area contributed by atoms with Crippen LogP contribution < -0.4 is 5.73 Å². The molecule has 7 heteroatoms. The molecule has 1 saturated heterocycles. The van der Waals surface area contributed by atoms with E-state index in [1.165, 1.54) is 4.31 Å². The molecule has 1 fully saturated rings. The Morgan fingerprint density at radius 1 is 1.00 bits per heavy atom. The summed E-state index contributed by atoms with van der Waals surface area (Å²) in [5, 5.41) is 0. The SMILES string of the molecule is CC(C)c1ccc(S(=O)(=O)N2CCN(C(=O)CCCCCCN)CC2)cc1. The fraction of sp³-hybridized carbons (Fsp3) is 0.650. The first-order valence-corrected chi connectivity index (χ1v) is 11.4. The molecule has 1 heterocycles. The number of sulfonamides is 1. The Balaban J connectivity index is 1.85. The molecule has 0 aliphatic carbocycles. The molecule has 0 radical (unpaired) electrons. The second kappa shape index (κ2) is 10.2. The highest BCUT2D eigenvalue weighted by molar-refractivity contribution is 7.89. The summed E-state index contributed by atoms with van der Waals surface area (Å²) >= 11 is 0. The van der Waals surface area contributed by atoms with Crippen molar-refractivity contribution >= 4 is 15.9 Å². The summed E-state index contributed by atoms with van der Waals surface area (Å²) in [4.78, 5) is 14.4. The van der Waals surface area contributed by atoms with Gasteiger partial charge in [-0.15, -0.1) is 0 Å². The average Bonchev–Trinajstić information content (AvgIpc) is 2.67. The van der Waals surface area contributed by atoms with E-state index in [1.54, 1.807) is 17.0 Å². The number of amides is 1. The van der Waals surface area contributed by atoms with Crippen LogP contribution in [0.5, 0.6) is 0 Å². The largest absolute Gasteiger partial charge is 0.340 e. The predicted molar refractivity (Wildman–Crippen MR) is 108 cm³/mol. The van der Waals surface area contributed by atoms with Crippen molar-refractivity contribution in [1.29, 1.82) is 0 Å². The second-order valence-electron chi connectivity index (χ2n) is 7.46. The zero-order valence-electron chi connectivity index (χ0n) is 16.6. The third-order valence-corrected chi connectivity index (χ3v) is 7.03. The molecule has 0 atom stereocenters. The lowest BCUT2D eigenvalue weighted by molar-refractivity contribution is -0.132. The molecule has 2 N–H and O–H groups in total. The van der Waals surface area contributed by atoms with Gasteiger partial charge < -0.3 is 10.6 Å². The smallest absolute Gasteiger partial charge is 0.243 e. The molecular formula is C20H33N3O3S. The number of nitrogens with two attached hydrogens (primary N) is 1. The lowest BCUT2D eigenvalue weighted by Gasteiger charge is -2.34. The Bertz CT molecular complexity index is 694. The number of piperazine rings is 1. The van der Waals surface area contributed by atoms with E-state index in [4.69, 9.17) is 5.73 Å². The normalized spacial score (nSPS) is 16.1. The predicted octanol–water partition coefficient (Wildman–Crippen LogP) is 2.55. The Hall–Kier alpha value is -1.44. The Kier molecular flexibility index (Phi) is 8.26. The van der Waals surface area contributed by atoms with Crippen LogP contribution in [-0.4, -0.2) is 56.3 Å². The third-order valence-electron chi connectivity index (χ3n) is 5.12. The van der Waals surface area contributed by atoms with Gasteiger partial charge >= 0.3 is 0 Å². The molecular weight excluding hydrogens is 362 g/mol. The first kappa shape index (κ1) is 21.9. The maximum absolute atomic E-state index is 12.8. The van der Waals surface area contributed by atoms with Crippen molar-refractivity contribution in [1.82, 2.24) is 9.21 Å². The van der Waals surface area contributed by atoms with Gasteiger partial charge in [-0.3, -0.25) is 4.79 Å². The fourth-order valence-electron chi connectivity index (χ4n) is 3.28. The molecule has 1 aliphatic rings. The van der Waals surface area contributed by atoms with Crippen molar-refractivity contribution in [2.75, 3.05) is 32.7 Å². The summed E-state index contributed by atoms with van der Waals surface area (Å²) in [6, 6.07) is 7.12. The summed E-state index contributed by atoms with van der Waals surface area (Å²) in [6.45, 7) is 6.50. The van der Waals surface area contributed by atoms with Crippen molar-refractivity contribution in [3.05, 3.63) is 29.8 Å². The van der Waals surface area contributed by atoms with Crippen molar-refractivity contribution < 1.29 is 13.2 Å². The first-order valence-electron chi connectivity index (χ1n) is 9.94. The van der Waals surface area contributed by atoms with Crippen LogP contribution in [0.15, 0.2) is 29.2 Å². The van der Waals surface area contributed by atoms with Crippen LogP contribution in [0.4, 0.5) is 0 Å². The summed E-state index contributed by atoms with van der Waals surface area (Å²) in [7, 11) is -3.50. The molecule has 152 valence electrons. The second-order valence-corrected chi connectivity index (χ2v) is 9.40. The summed E-state index contributed by atoms with van der Waals surface area (Å²) < 4.78 is 27.1. The van der Waals surface area contributed by atoms with Crippen LogP contribution in [0.2, 0.25) is 0 Å². The summed E-state index contributed by atoms with van der Waals surface area (Å²) in [6.07, 6.45) is 4.49. The van der Waals surface area contributed by atoms with Gasteiger partial charge in [-0.1, -0.05) is 38.8 Å². The summed E-state index contributed by atoms with van der Waals surface area (Å²) in [5.41, 5.74) is 6.59. The zero-order valence-corrected chi connectivity index (χ0v) is 17.4. The van der Waals surface area contributed by atoms with Crippen LogP contribution in [0.25, 0.3) is 0 Å². The number of hydrogen-bond donors (Lipinski definition) is 1. The van der Waals surface area contributed by atoms with Gasteiger partial charge in [-0.2, -0.15) is 4.31 Å². The highest BCUT2D eigenvalue weighted by Gasteiger charge is 2.29. The van der Waals surface area contributed by atoms with Crippen LogP contribution in [0.3, 0.4) is 0 Å². The lowest BCUT2D eigenvalue weighted by atomic mass is 10.0. The van der Waals surface area contributed by atoms with Crippen molar-refractivity contribution in [3.63, 3.8) is 0 Å². The third kappa shape index (κ3) is 6.02. The van der Waals surface area contributed by atoms with Gasteiger partial charge in [0, 0.05) is 32.6 Å². The molecule has 1 aromatic carbocycles. The number of nitrogens with zero attached hydrogens (tertiary/aromatic N) is 2. The van der Waals surface area contributed by atoms with E-state index in [0.717, 1.165) is 31.2 Å². The Morgan fingerprint density at radius 3 is 2.15 bits per heavy atom. The Morgan fingerprint density at radius 2 is 1.59 bits per heavy atom. The van der Waals surface area contributed by atoms with E-state index in [1.807, 2.05) is 12.1 Å². The van der Waals surface area contributed by atoms with Crippen LogP contribution in [0, 0.1) is 0 Å². The molecule has 0 aromatic heterocycles. The number of carbonyl (C=O) groups excluding carboxylic acids is 1. The van der Waals surface area contributed by atoms with Gasteiger partial charge in [-0.25, -0.2) is 8.42 Å². The standard InChI is InChI=1S/C20H33N3O3S/c1-17(2)18-8-10-19(11-9-18)27(25,26)23-15-13-22(14-16-23)20(24)7-5-3-4-6-12-21/h8-11,17H,3-7,12-16,21H2,1-2H3. The quantitative estimate of drug-likeness (QED) is 0.651. The van der Waals surface area contributed by atoms with Crippen molar-refractivity contribution in [2.24, 2.45) is 5.73 Å². The zero-order chi connectivity index (χ0) is 19.9. The highest BCUT2D eigenvalue weighted by Crippen LogP contribution is 2.21. The average molecular weight is 396 g/mol. The molecule has 1 aliphatic heterocycles. The maximum Gasteiger partial charge on any atom is 0.243 e. The van der Waals surface area contributed by atoms with Gasteiger partial charge in [0.15, 0.2) is 0 Å². The molecule has 1 aromatic rings. The molecule has 0 unspecified atom stereocenters. The number of rotatable bonds is 9. The number of benzene rings is 1. The van der Waals surface area contributed by atoms with E-state index in [2.05, 4.69) is 13.8 Å². The minimum atomic E-state index is -3.50. The molecule has 0 bridgehead atoms. The van der Waals surface area contributed by atoms with E-state index in [9.17, 15) is 13.2 Å². The van der Waals surface area contributed by atoms with Gasteiger partial charge in [-0.05, 0) is 43.0 Å². The van der Waals surface area contributed by atoms with Gasteiger partial charge in [0.25, 0.3) is 0 Å². The highest BCUT2D eigenvalue weighted by atomic mass is 32.2. The van der Waals surface area contributed by atoms with Crippen LogP contribution >= 0.6 is 0 Å². The van der Waals surface area contributed by atoms with E-state index in [-0.39, 0.29) is 5.91 Å². The molecule has 1 amide bonds. The van der Waals surface area contributed by atoms with Crippen LogP contribution in [-0.2, 0) is 14.8 Å². The monoisotopic (exact) mass is 395 g/mol. The van der Waals surface area contributed by atoms with E-state index >= 15 is 0 Å². The van der Waals surface area contributed by atoms with Crippen molar-refractivity contribution in [3.8, 4) is 0 Å². The minimum Gasteiger partial charge on any atom is -0.340 e. The van der Waals surface area contributed by atoms with Gasteiger partial charge in [0.05, 0.1) is 4.90 Å². The number of hydrogen-bond acceptors (Lipinski definition) is 4. The minimum absolute atomic E-state index is 0.126. The Labute approximate surface area is 163 Å². The van der Waals surface area contributed by atoms with Crippen LogP contribution in [0.1, 0.15) is 57.4 Å². The molecule has 0 spiro atoms. The topological polar surface area (TPSA) is 83.7 Å². The van der Waals surface area contributed by atoms with Crippen molar-refractivity contribution in [2.45, 2.75) is 56.8 Å². The first-order chi connectivity index (χ1) is 12.9. The maximum atomic E-state index is 12.8. The van der Waals surface area contributed by atoms with E-state index in [0.29, 0.717) is 50.0 Å². The molecule has 6 nitrogen and oxygen atoms in total. The molecule has 0 saturated carbocycles. The fourth-order valence-corrected chi connectivity index (χ4v) is 4.71. The number of carbonyl (C=O) groups is 1. The lowest BCUT2D eigenvalue weighted by Crippen LogP contribution is -2.50. The number of unbranched alkanes of at least 4 members (excludes halogenated alkanes) is 3. The van der Waals surface area contributed by atoms with E-state index < -0.39 is 10.0 Å². The summed E-state index contributed by atoms with van der Waals surface area (Å²) in [5.74, 6) is 0.493. The van der Waals surface area contributed by atoms with Gasteiger partial charge in [0.1, 0.15) is 0 Å².